The summed E-state index contributed by atoms with van der Waals surface area (Å²) < 4.78 is 5.85. The summed E-state index contributed by atoms with van der Waals surface area (Å²) in [4.78, 5) is 0. The van der Waals surface area contributed by atoms with Crippen LogP contribution >= 0.6 is 12.4 Å². The van der Waals surface area contributed by atoms with Gasteiger partial charge in [-0.25, -0.2) is 0 Å². The molecule has 0 spiro atoms. The van der Waals surface area contributed by atoms with E-state index in [2.05, 4.69) is 24.4 Å². The van der Waals surface area contributed by atoms with E-state index in [1.165, 1.54) is 0 Å². The molecule has 3 rings (SSSR count). The summed E-state index contributed by atoms with van der Waals surface area (Å²) in [6, 6.07) is 20.0. The first-order valence-corrected chi connectivity index (χ1v) is 6.97. The molecule has 1 heterocycles. The molecule has 22 heavy (non-hydrogen) atoms. The molecule has 0 fully saturated rings. The Morgan fingerprint density at radius 1 is 1.14 bits per heavy atom. The number of benzene rings is 2. The van der Waals surface area contributed by atoms with Crippen molar-refractivity contribution >= 4 is 23.4 Å². The van der Waals surface area contributed by atoms with Gasteiger partial charge in [-0.2, -0.15) is 5.26 Å². The van der Waals surface area contributed by atoms with E-state index < -0.39 is 0 Å². The first-order valence-electron chi connectivity index (χ1n) is 6.97. The molecule has 112 valence electrons. The lowest BCUT2D eigenvalue weighted by Crippen LogP contribution is -2.17. The van der Waals surface area contributed by atoms with Gasteiger partial charge in [-0.05, 0) is 36.8 Å². The fourth-order valence-electron chi connectivity index (χ4n) is 2.34. The topological polar surface area (TPSA) is 49.0 Å². The standard InChI is InChI=1S/C18H16N2O.ClH/c1-13(18-10-16-7-2-3-8-17(16)21-18)20-12-15-6-4-5-14(9-15)11-19;/h2-10,13,20H,12H2,1H3;1H. The summed E-state index contributed by atoms with van der Waals surface area (Å²) in [5.41, 5.74) is 2.69. The smallest absolute Gasteiger partial charge is 0.134 e. The Hall–Kier alpha value is -2.28. The monoisotopic (exact) mass is 312 g/mol. The van der Waals surface area contributed by atoms with Crippen molar-refractivity contribution in [3.8, 4) is 6.07 Å². The maximum Gasteiger partial charge on any atom is 0.134 e. The van der Waals surface area contributed by atoms with Crippen LogP contribution in [0.3, 0.4) is 0 Å². The van der Waals surface area contributed by atoms with E-state index >= 15 is 0 Å². The van der Waals surface area contributed by atoms with Gasteiger partial charge in [0.05, 0.1) is 17.7 Å². The van der Waals surface area contributed by atoms with Crippen molar-refractivity contribution in [3.05, 3.63) is 71.5 Å². The van der Waals surface area contributed by atoms with E-state index in [9.17, 15) is 0 Å². The first-order chi connectivity index (χ1) is 10.3. The SMILES string of the molecule is CC(NCc1cccc(C#N)c1)c1cc2ccccc2o1.Cl. The van der Waals surface area contributed by atoms with Crippen LogP contribution in [-0.2, 0) is 6.54 Å². The van der Waals surface area contributed by atoms with Gasteiger partial charge in [0.1, 0.15) is 11.3 Å². The third-order valence-corrected chi connectivity index (χ3v) is 3.54. The zero-order chi connectivity index (χ0) is 14.7. The molecule has 0 saturated heterocycles. The minimum Gasteiger partial charge on any atom is -0.459 e. The second kappa shape index (κ2) is 7.13. The molecular formula is C18H17ClN2O. The zero-order valence-corrected chi connectivity index (χ0v) is 13.1. The minimum atomic E-state index is 0. The Balaban J connectivity index is 0.00000176. The Morgan fingerprint density at radius 2 is 1.95 bits per heavy atom. The Bertz CT molecular complexity index is 771. The number of nitriles is 1. The van der Waals surface area contributed by atoms with Crippen LogP contribution in [0.25, 0.3) is 11.0 Å². The summed E-state index contributed by atoms with van der Waals surface area (Å²) in [5, 5.41) is 13.5. The van der Waals surface area contributed by atoms with Crippen molar-refractivity contribution in [1.29, 1.82) is 5.26 Å². The van der Waals surface area contributed by atoms with Crippen molar-refractivity contribution < 1.29 is 4.42 Å². The van der Waals surface area contributed by atoms with Gasteiger partial charge in [0, 0.05) is 11.9 Å². The maximum atomic E-state index is 8.91. The molecule has 0 aliphatic carbocycles. The predicted octanol–water partition coefficient (Wildman–Crippen LogP) is 4.58. The summed E-state index contributed by atoms with van der Waals surface area (Å²) in [6.07, 6.45) is 0. The average molecular weight is 313 g/mol. The van der Waals surface area contributed by atoms with Crippen LogP contribution in [0.4, 0.5) is 0 Å². The highest BCUT2D eigenvalue weighted by Crippen LogP contribution is 2.23. The highest BCUT2D eigenvalue weighted by molar-refractivity contribution is 5.85. The Labute approximate surface area is 136 Å². The largest absolute Gasteiger partial charge is 0.459 e. The minimum absolute atomic E-state index is 0. The van der Waals surface area contributed by atoms with Crippen molar-refractivity contribution in [2.24, 2.45) is 0 Å². The van der Waals surface area contributed by atoms with Crippen LogP contribution in [0.5, 0.6) is 0 Å². The van der Waals surface area contributed by atoms with Crippen LogP contribution in [0, 0.1) is 11.3 Å². The van der Waals surface area contributed by atoms with E-state index in [0.717, 1.165) is 22.3 Å². The fourth-order valence-corrected chi connectivity index (χ4v) is 2.34. The summed E-state index contributed by atoms with van der Waals surface area (Å²) >= 11 is 0. The molecule has 4 heteroatoms. The number of rotatable bonds is 4. The van der Waals surface area contributed by atoms with Crippen LogP contribution in [-0.4, -0.2) is 0 Å². The molecule has 1 aromatic heterocycles. The van der Waals surface area contributed by atoms with Crippen LogP contribution in [0.15, 0.2) is 59.0 Å². The fraction of sp³-hybridized carbons (Fsp3) is 0.167. The van der Waals surface area contributed by atoms with Gasteiger partial charge >= 0.3 is 0 Å². The number of nitrogens with one attached hydrogen (secondary N) is 1. The van der Waals surface area contributed by atoms with Gasteiger partial charge in [-0.3, -0.25) is 0 Å². The third kappa shape index (κ3) is 3.48. The highest BCUT2D eigenvalue weighted by atomic mass is 35.5. The van der Waals surface area contributed by atoms with E-state index in [1.54, 1.807) is 0 Å². The number of para-hydroxylation sites is 1. The third-order valence-electron chi connectivity index (χ3n) is 3.54. The molecule has 0 bridgehead atoms. The number of nitrogens with zero attached hydrogens (tertiary/aromatic N) is 1. The Morgan fingerprint density at radius 3 is 2.73 bits per heavy atom. The van der Waals surface area contributed by atoms with Crippen molar-refractivity contribution in [1.82, 2.24) is 5.32 Å². The lowest BCUT2D eigenvalue weighted by Gasteiger charge is -2.11. The van der Waals surface area contributed by atoms with Gasteiger partial charge in [0.15, 0.2) is 0 Å². The molecular weight excluding hydrogens is 296 g/mol. The number of halogens is 1. The van der Waals surface area contributed by atoms with E-state index in [4.69, 9.17) is 9.68 Å². The van der Waals surface area contributed by atoms with Gasteiger partial charge in [0.2, 0.25) is 0 Å². The van der Waals surface area contributed by atoms with Crippen molar-refractivity contribution in [3.63, 3.8) is 0 Å². The quantitative estimate of drug-likeness (QED) is 0.767. The van der Waals surface area contributed by atoms with Crippen molar-refractivity contribution in [2.75, 3.05) is 0 Å². The zero-order valence-electron chi connectivity index (χ0n) is 12.2. The maximum absolute atomic E-state index is 8.91. The normalized spacial score (nSPS) is 11.6. The summed E-state index contributed by atoms with van der Waals surface area (Å²) in [7, 11) is 0. The van der Waals surface area contributed by atoms with Crippen LogP contribution in [0.2, 0.25) is 0 Å². The van der Waals surface area contributed by atoms with Gasteiger partial charge in [0.25, 0.3) is 0 Å². The molecule has 3 nitrogen and oxygen atoms in total. The number of fused-ring (bicyclic) bond motifs is 1. The molecule has 2 aromatic carbocycles. The molecule has 0 aliphatic rings. The highest BCUT2D eigenvalue weighted by Gasteiger charge is 2.10. The van der Waals surface area contributed by atoms with E-state index in [-0.39, 0.29) is 18.4 Å². The van der Waals surface area contributed by atoms with Crippen molar-refractivity contribution in [2.45, 2.75) is 19.5 Å². The molecule has 1 N–H and O–H groups in total. The molecule has 0 saturated carbocycles. The summed E-state index contributed by atoms with van der Waals surface area (Å²) in [5.74, 6) is 0.924. The Kier molecular flexibility index (Phi) is 5.21. The van der Waals surface area contributed by atoms with E-state index in [0.29, 0.717) is 12.1 Å². The van der Waals surface area contributed by atoms with Crippen LogP contribution in [0.1, 0.15) is 29.9 Å². The van der Waals surface area contributed by atoms with Gasteiger partial charge in [-0.15, -0.1) is 12.4 Å². The molecule has 3 aromatic rings. The molecule has 1 unspecified atom stereocenters. The second-order valence-corrected chi connectivity index (χ2v) is 5.10. The average Bonchev–Trinajstić information content (AvgIpc) is 2.97. The summed E-state index contributed by atoms with van der Waals surface area (Å²) in [6.45, 7) is 2.78. The predicted molar refractivity (Wildman–Crippen MR) is 89.9 cm³/mol. The van der Waals surface area contributed by atoms with E-state index in [1.807, 2.05) is 48.5 Å². The van der Waals surface area contributed by atoms with Gasteiger partial charge < -0.3 is 9.73 Å². The molecule has 0 radical (unpaired) electrons. The number of hydrogen-bond acceptors (Lipinski definition) is 3. The lowest BCUT2D eigenvalue weighted by atomic mass is 10.1. The number of hydrogen-bond donors (Lipinski definition) is 1. The van der Waals surface area contributed by atoms with Crippen LogP contribution < -0.4 is 5.32 Å². The molecule has 0 amide bonds. The first kappa shape index (κ1) is 16.1. The molecule has 1 atom stereocenters. The number of furan rings is 1. The second-order valence-electron chi connectivity index (χ2n) is 5.10. The lowest BCUT2D eigenvalue weighted by molar-refractivity contribution is 0.451. The van der Waals surface area contributed by atoms with Gasteiger partial charge in [-0.1, -0.05) is 30.3 Å². The molecule has 0 aliphatic heterocycles.